The number of methoxy groups -OCH3 is 1. The van der Waals surface area contributed by atoms with Crippen LogP contribution in [0, 0.1) is 0 Å². The lowest BCUT2D eigenvalue weighted by molar-refractivity contribution is -0.131. The Balaban J connectivity index is 1.61. The van der Waals surface area contributed by atoms with Gasteiger partial charge in [0.1, 0.15) is 11.6 Å². The van der Waals surface area contributed by atoms with E-state index in [1.807, 2.05) is 61.6 Å². The van der Waals surface area contributed by atoms with Crippen molar-refractivity contribution in [2.75, 3.05) is 32.1 Å². The molecule has 3 heterocycles. The highest BCUT2D eigenvalue weighted by Gasteiger charge is 2.29. The lowest BCUT2D eigenvalue weighted by Gasteiger charge is -2.25. The molecule has 1 atom stereocenters. The number of rotatable bonds is 6. The second-order valence-electron chi connectivity index (χ2n) is 7.46. The Morgan fingerprint density at radius 2 is 2.10 bits per heavy atom. The van der Waals surface area contributed by atoms with Gasteiger partial charge < -0.3 is 14.5 Å². The van der Waals surface area contributed by atoms with Crippen LogP contribution in [0.25, 0.3) is 16.8 Å². The van der Waals surface area contributed by atoms with Gasteiger partial charge in [-0.05, 0) is 25.0 Å². The van der Waals surface area contributed by atoms with Crippen LogP contribution in [0.3, 0.4) is 0 Å². The Morgan fingerprint density at radius 3 is 2.90 bits per heavy atom. The van der Waals surface area contributed by atoms with Gasteiger partial charge in [-0.1, -0.05) is 25.1 Å². The number of likely N-dealkylation sites (N-methyl/N-ethyl adjacent to an activating group) is 1. The Bertz CT molecular complexity index is 1020. The zero-order valence-corrected chi connectivity index (χ0v) is 17.2. The maximum absolute atomic E-state index is 12.2. The quantitative estimate of drug-likeness (QED) is 0.643. The van der Waals surface area contributed by atoms with E-state index in [2.05, 4.69) is 10.00 Å². The van der Waals surface area contributed by atoms with E-state index in [0.717, 1.165) is 54.3 Å². The number of para-hydroxylation sites is 1. The molecular weight excluding hydrogens is 366 g/mol. The maximum atomic E-state index is 12.2. The molecule has 1 aliphatic rings. The number of fused-ring (bicyclic) bond motifs is 1. The summed E-state index contributed by atoms with van der Waals surface area (Å²) in [5.41, 5.74) is 2.71. The van der Waals surface area contributed by atoms with Crippen LogP contribution in [-0.2, 0) is 4.79 Å². The van der Waals surface area contributed by atoms with E-state index in [-0.39, 0.29) is 11.9 Å². The van der Waals surface area contributed by atoms with Crippen LogP contribution >= 0.6 is 0 Å². The van der Waals surface area contributed by atoms with Crippen LogP contribution in [-0.4, -0.2) is 58.7 Å². The molecule has 3 aromatic rings. The Morgan fingerprint density at radius 1 is 1.28 bits per heavy atom. The Hall–Kier alpha value is -3.09. The number of carbonyl (C=O) groups is 1. The summed E-state index contributed by atoms with van der Waals surface area (Å²) in [6.07, 6.45) is 6.21. The number of anilines is 1. The standard InChI is InChI=1S/C22H27N5O2/c1-4-7-21(28)25(2)16-10-12-26(15-16)20-11-13-27-22(24-20)18(14-23-27)17-8-5-6-9-19(17)29-3/h5-6,8-9,11,13-14,16H,4,7,10,12,15H2,1-3H3/t16-/m0/s1. The van der Waals surface area contributed by atoms with Crippen molar-refractivity contribution in [2.24, 2.45) is 0 Å². The second kappa shape index (κ2) is 8.11. The molecule has 0 aliphatic carbocycles. The first kappa shape index (κ1) is 19.2. The van der Waals surface area contributed by atoms with Gasteiger partial charge in [0.15, 0.2) is 5.65 Å². The lowest BCUT2D eigenvalue weighted by Crippen LogP contribution is -2.39. The SMILES string of the molecule is CCCC(=O)N(C)[C@H]1CCN(c2ccn3ncc(-c4ccccc4OC)c3n2)C1. The van der Waals surface area contributed by atoms with E-state index in [0.29, 0.717) is 6.42 Å². The number of ether oxygens (including phenoxy) is 1. The third-order valence-electron chi connectivity index (χ3n) is 5.64. The van der Waals surface area contributed by atoms with Crippen molar-refractivity contribution >= 4 is 17.4 Å². The van der Waals surface area contributed by atoms with Crippen LogP contribution in [0.2, 0.25) is 0 Å². The fourth-order valence-electron chi connectivity index (χ4n) is 3.95. The minimum atomic E-state index is 0.219. The molecular formula is C22H27N5O2. The molecule has 0 radical (unpaired) electrons. The molecule has 7 nitrogen and oxygen atoms in total. The minimum Gasteiger partial charge on any atom is -0.496 e. The molecule has 0 saturated carbocycles. The summed E-state index contributed by atoms with van der Waals surface area (Å²) < 4.78 is 7.31. The Labute approximate surface area is 170 Å². The zero-order valence-electron chi connectivity index (χ0n) is 17.2. The van der Waals surface area contributed by atoms with Crippen molar-refractivity contribution in [1.29, 1.82) is 0 Å². The summed E-state index contributed by atoms with van der Waals surface area (Å²) in [7, 11) is 3.59. The summed E-state index contributed by atoms with van der Waals surface area (Å²) >= 11 is 0. The summed E-state index contributed by atoms with van der Waals surface area (Å²) in [6, 6.07) is 10.1. The summed E-state index contributed by atoms with van der Waals surface area (Å²) in [6.45, 7) is 3.72. The number of carbonyl (C=O) groups excluding carboxylic acids is 1. The number of hydrogen-bond acceptors (Lipinski definition) is 5. The molecule has 0 bridgehead atoms. The van der Waals surface area contributed by atoms with Crippen molar-refractivity contribution in [3.63, 3.8) is 0 Å². The number of aromatic nitrogens is 3. The van der Waals surface area contributed by atoms with Crippen LogP contribution in [0.15, 0.2) is 42.7 Å². The van der Waals surface area contributed by atoms with Gasteiger partial charge >= 0.3 is 0 Å². The first-order valence-electron chi connectivity index (χ1n) is 10.1. The van der Waals surface area contributed by atoms with Crippen LogP contribution in [0.4, 0.5) is 5.82 Å². The molecule has 0 N–H and O–H groups in total. The molecule has 0 spiro atoms. The number of hydrogen-bond donors (Lipinski definition) is 0. The number of nitrogens with zero attached hydrogens (tertiary/aromatic N) is 5. The predicted octanol–water partition coefficient (Wildman–Crippen LogP) is 3.24. The molecule has 1 saturated heterocycles. The fraction of sp³-hybridized carbons (Fsp3) is 0.409. The van der Waals surface area contributed by atoms with Gasteiger partial charge in [-0.3, -0.25) is 4.79 Å². The molecule has 1 aliphatic heterocycles. The first-order valence-corrected chi connectivity index (χ1v) is 10.1. The third-order valence-corrected chi connectivity index (χ3v) is 5.64. The zero-order chi connectivity index (χ0) is 20.4. The van der Waals surface area contributed by atoms with Crippen molar-refractivity contribution in [1.82, 2.24) is 19.5 Å². The van der Waals surface area contributed by atoms with E-state index in [9.17, 15) is 4.79 Å². The fourth-order valence-corrected chi connectivity index (χ4v) is 3.95. The Kier molecular flexibility index (Phi) is 5.38. The lowest BCUT2D eigenvalue weighted by atomic mass is 10.1. The molecule has 1 aromatic carbocycles. The van der Waals surface area contributed by atoms with Crippen molar-refractivity contribution < 1.29 is 9.53 Å². The topological polar surface area (TPSA) is 63.0 Å². The van der Waals surface area contributed by atoms with Gasteiger partial charge in [-0.25, -0.2) is 9.50 Å². The van der Waals surface area contributed by atoms with Gasteiger partial charge in [0.2, 0.25) is 5.91 Å². The average Bonchev–Trinajstić information content (AvgIpc) is 3.40. The molecule has 1 fully saturated rings. The molecule has 0 unspecified atom stereocenters. The van der Waals surface area contributed by atoms with Crippen LogP contribution in [0.5, 0.6) is 5.75 Å². The largest absolute Gasteiger partial charge is 0.496 e. The van der Waals surface area contributed by atoms with Gasteiger partial charge in [0.05, 0.1) is 24.9 Å². The first-order chi connectivity index (χ1) is 14.1. The molecule has 4 rings (SSSR count). The second-order valence-corrected chi connectivity index (χ2v) is 7.46. The van der Waals surface area contributed by atoms with E-state index >= 15 is 0 Å². The highest BCUT2D eigenvalue weighted by atomic mass is 16.5. The molecule has 2 aromatic heterocycles. The van der Waals surface area contributed by atoms with E-state index < -0.39 is 0 Å². The molecule has 29 heavy (non-hydrogen) atoms. The minimum absolute atomic E-state index is 0.219. The maximum Gasteiger partial charge on any atom is 0.222 e. The van der Waals surface area contributed by atoms with Crippen LogP contribution in [0.1, 0.15) is 26.2 Å². The van der Waals surface area contributed by atoms with Gasteiger partial charge in [-0.15, -0.1) is 0 Å². The van der Waals surface area contributed by atoms with E-state index in [1.165, 1.54) is 0 Å². The van der Waals surface area contributed by atoms with Gasteiger partial charge in [0.25, 0.3) is 0 Å². The summed E-state index contributed by atoms with van der Waals surface area (Å²) in [5.74, 6) is 1.93. The molecule has 1 amide bonds. The van der Waals surface area contributed by atoms with Crippen LogP contribution < -0.4 is 9.64 Å². The highest BCUT2D eigenvalue weighted by Crippen LogP contribution is 2.32. The number of amides is 1. The van der Waals surface area contributed by atoms with Crippen molar-refractivity contribution in [3.05, 3.63) is 42.7 Å². The summed E-state index contributed by atoms with van der Waals surface area (Å²) in [4.78, 5) is 21.3. The third kappa shape index (κ3) is 3.64. The van der Waals surface area contributed by atoms with Crippen molar-refractivity contribution in [3.8, 4) is 16.9 Å². The summed E-state index contributed by atoms with van der Waals surface area (Å²) in [5, 5.41) is 4.45. The monoisotopic (exact) mass is 393 g/mol. The number of benzene rings is 1. The molecule has 7 heteroatoms. The smallest absolute Gasteiger partial charge is 0.222 e. The average molecular weight is 393 g/mol. The van der Waals surface area contributed by atoms with Gasteiger partial charge in [-0.2, -0.15) is 5.10 Å². The van der Waals surface area contributed by atoms with Gasteiger partial charge in [0, 0.05) is 38.3 Å². The molecule has 152 valence electrons. The highest BCUT2D eigenvalue weighted by molar-refractivity contribution is 5.81. The van der Waals surface area contributed by atoms with E-state index in [1.54, 1.807) is 11.6 Å². The van der Waals surface area contributed by atoms with E-state index in [4.69, 9.17) is 9.72 Å². The van der Waals surface area contributed by atoms with Crippen molar-refractivity contribution in [2.45, 2.75) is 32.2 Å². The predicted molar refractivity (Wildman–Crippen MR) is 113 cm³/mol. The normalized spacial score (nSPS) is 16.4.